The molecular formula is C12H15N3O. The van der Waals surface area contributed by atoms with Crippen LogP contribution in [0.3, 0.4) is 0 Å². The van der Waals surface area contributed by atoms with Crippen LogP contribution in [0.5, 0.6) is 0 Å². The van der Waals surface area contributed by atoms with E-state index in [2.05, 4.69) is 15.3 Å². The quantitative estimate of drug-likeness (QED) is 0.779. The second-order valence-electron chi connectivity index (χ2n) is 3.38. The van der Waals surface area contributed by atoms with Gasteiger partial charge in [-0.2, -0.15) is 0 Å². The van der Waals surface area contributed by atoms with Gasteiger partial charge >= 0.3 is 0 Å². The highest BCUT2D eigenvalue weighted by atomic mass is 16.5. The fourth-order valence-electron chi connectivity index (χ4n) is 1.44. The van der Waals surface area contributed by atoms with Gasteiger partial charge in [0.05, 0.1) is 12.1 Å². The van der Waals surface area contributed by atoms with Crippen molar-refractivity contribution in [2.45, 2.75) is 6.92 Å². The SMILES string of the molecule is CCOCCNc1ncc2ccccc2n1. The van der Waals surface area contributed by atoms with E-state index < -0.39 is 0 Å². The lowest BCUT2D eigenvalue weighted by atomic mass is 10.2. The molecule has 0 amide bonds. The highest BCUT2D eigenvalue weighted by Gasteiger charge is 1.97. The lowest BCUT2D eigenvalue weighted by Gasteiger charge is -2.05. The lowest BCUT2D eigenvalue weighted by Crippen LogP contribution is -2.11. The van der Waals surface area contributed by atoms with Gasteiger partial charge in [0.15, 0.2) is 0 Å². The van der Waals surface area contributed by atoms with Gasteiger partial charge in [0.1, 0.15) is 0 Å². The summed E-state index contributed by atoms with van der Waals surface area (Å²) in [6.07, 6.45) is 1.82. The summed E-state index contributed by atoms with van der Waals surface area (Å²) in [6.45, 7) is 4.12. The van der Waals surface area contributed by atoms with Gasteiger partial charge < -0.3 is 10.1 Å². The molecule has 84 valence electrons. The summed E-state index contributed by atoms with van der Waals surface area (Å²) >= 11 is 0. The Kier molecular flexibility index (Phi) is 3.66. The first-order valence-corrected chi connectivity index (χ1v) is 5.43. The van der Waals surface area contributed by atoms with Gasteiger partial charge in [-0.1, -0.05) is 18.2 Å². The number of rotatable bonds is 5. The van der Waals surface area contributed by atoms with Crippen LogP contribution in [0.2, 0.25) is 0 Å². The van der Waals surface area contributed by atoms with Gasteiger partial charge in [-0.15, -0.1) is 0 Å². The van der Waals surface area contributed by atoms with E-state index in [4.69, 9.17) is 4.74 Å². The van der Waals surface area contributed by atoms with Gasteiger partial charge in [-0.25, -0.2) is 9.97 Å². The van der Waals surface area contributed by atoms with Gasteiger partial charge in [-0.05, 0) is 13.0 Å². The number of fused-ring (bicyclic) bond motifs is 1. The summed E-state index contributed by atoms with van der Waals surface area (Å²) in [6, 6.07) is 7.93. The number of aromatic nitrogens is 2. The zero-order valence-electron chi connectivity index (χ0n) is 9.31. The Morgan fingerprint density at radius 1 is 1.31 bits per heavy atom. The molecule has 0 saturated carbocycles. The Hall–Kier alpha value is -1.68. The predicted molar refractivity (Wildman–Crippen MR) is 64.5 cm³/mol. The summed E-state index contributed by atoms with van der Waals surface area (Å²) in [7, 11) is 0. The molecule has 0 bridgehead atoms. The number of hydrogen-bond acceptors (Lipinski definition) is 4. The highest BCUT2D eigenvalue weighted by Crippen LogP contribution is 2.11. The monoisotopic (exact) mass is 217 g/mol. The Bertz CT molecular complexity index is 459. The second kappa shape index (κ2) is 5.42. The van der Waals surface area contributed by atoms with Crippen LogP contribution in [-0.2, 0) is 4.74 Å². The van der Waals surface area contributed by atoms with Gasteiger partial charge in [0.25, 0.3) is 0 Å². The maximum atomic E-state index is 5.22. The minimum atomic E-state index is 0.651. The van der Waals surface area contributed by atoms with E-state index in [-0.39, 0.29) is 0 Å². The first-order valence-electron chi connectivity index (χ1n) is 5.43. The van der Waals surface area contributed by atoms with Crippen LogP contribution in [0.1, 0.15) is 6.92 Å². The number of hydrogen-bond donors (Lipinski definition) is 1. The fourth-order valence-corrected chi connectivity index (χ4v) is 1.44. The molecule has 1 aromatic heterocycles. The Morgan fingerprint density at radius 2 is 2.19 bits per heavy atom. The van der Waals surface area contributed by atoms with Crippen LogP contribution in [0.4, 0.5) is 5.95 Å². The fraction of sp³-hybridized carbons (Fsp3) is 0.333. The summed E-state index contributed by atoms with van der Waals surface area (Å²) < 4.78 is 5.22. The topological polar surface area (TPSA) is 47.0 Å². The normalized spacial score (nSPS) is 10.6. The van der Waals surface area contributed by atoms with Crippen LogP contribution < -0.4 is 5.32 Å². The number of anilines is 1. The molecule has 2 aromatic rings. The third-order valence-corrected chi connectivity index (χ3v) is 2.22. The molecule has 0 aliphatic rings. The molecule has 0 atom stereocenters. The summed E-state index contributed by atoms with van der Waals surface area (Å²) in [5.74, 6) is 0.651. The number of ether oxygens (including phenoxy) is 1. The largest absolute Gasteiger partial charge is 0.380 e. The third kappa shape index (κ3) is 2.67. The Labute approximate surface area is 94.7 Å². The molecule has 0 saturated heterocycles. The van der Waals surface area contributed by atoms with Crippen molar-refractivity contribution in [1.82, 2.24) is 9.97 Å². The minimum Gasteiger partial charge on any atom is -0.380 e. The predicted octanol–water partition coefficient (Wildman–Crippen LogP) is 2.08. The molecule has 1 aromatic carbocycles. The van der Waals surface area contributed by atoms with Crippen LogP contribution in [0, 0.1) is 0 Å². The minimum absolute atomic E-state index is 0.651. The summed E-state index contributed by atoms with van der Waals surface area (Å²) in [5, 5.41) is 4.18. The Balaban J connectivity index is 2.02. The maximum absolute atomic E-state index is 5.22. The molecule has 1 N–H and O–H groups in total. The smallest absolute Gasteiger partial charge is 0.223 e. The molecule has 0 aliphatic heterocycles. The van der Waals surface area contributed by atoms with Crippen molar-refractivity contribution in [1.29, 1.82) is 0 Å². The molecular weight excluding hydrogens is 202 g/mol. The molecule has 0 unspecified atom stereocenters. The van der Waals surface area contributed by atoms with E-state index >= 15 is 0 Å². The number of benzene rings is 1. The maximum Gasteiger partial charge on any atom is 0.223 e. The van der Waals surface area contributed by atoms with Crippen molar-refractivity contribution < 1.29 is 4.74 Å². The average Bonchev–Trinajstić information content (AvgIpc) is 2.34. The van der Waals surface area contributed by atoms with Gasteiger partial charge in [0.2, 0.25) is 5.95 Å². The molecule has 0 spiro atoms. The number of nitrogens with one attached hydrogen (secondary N) is 1. The van der Waals surface area contributed by atoms with E-state index in [9.17, 15) is 0 Å². The van der Waals surface area contributed by atoms with Gasteiger partial charge in [-0.3, -0.25) is 0 Å². The van der Waals surface area contributed by atoms with E-state index in [1.165, 1.54) is 0 Å². The van der Waals surface area contributed by atoms with E-state index in [0.717, 1.165) is 24.1 Å². The lowest BCUT2D eigenvalue weighted by molar-refractivity contribution is 0.158. The molecule has 0 radical (unpaired) electrons. The van der Waals surface area contributed by atoms with Crippen LogP contribution in [-0.4, -0.2) is 29.7 Å². The number of nitrogens with zero attached hydrogens (tertiary/aromatic N) is 2. The van der Waals surface area contributed by atoms with Crippen molar-refractivity contribution in [2.24, 2.45) is 0 Å². The summed E-state index contributed by atoms with van der Waals surface area (Å²) in [5.41, 5.74) is 0.955. The second-order valence-corrected chi connectivity index (χ2v) is 3.38. The summed E-state index contributed by atoms with van der Waals surface area (Å²) in [4.78, 5) is 8.62. The third-order valence-electron chi connectivity index (χ3n) is 2.22. The molecule has 2 rings (SSSR count). The zero-order chi connectivity index (χ0) is 11.2. The highest BCUT2D eigenvalue weighted by molar-refractivity contribution is 5.78. The van der Waals surface area contributed by atoms with Gasteiger partial charge in [0, 0.05) is 24.7 Å². The first kappa shape index (κ1) is 10.8. The molecule has 16 heavy (non-hydrogen) atoms. The van der Waals surface area contributed by atoms with E-state index in [1.807, 2.05) is 37.4 Å². The number of para-hydroxylation sites is 1. The van der Waals surface area contributed by atoms with Crippen LogP contribution in [0.15, 0.2) is 30.5 Å². The van der Waals surface area contributed by atoms with Crippen molar-refractivity contribution in [3.8, 4) is 0 Å². The van der Waals surface area contributed by atoms with E-state index in [0.29, 0.717) is 12.6 Å². The zero-order valence-corrected chi connectivity index (χ0v) is 9.31. The van der Waals surface area contributed by atoms with E-state index in [1.54, 1.807) is 0 Å². The molecule has 1 heterocycles. The van der Waals surface area contributed by atoms with Crippen LogP contribution >= 0.6 is 0 Å². The Morgan fingerprint density at radius 3 is 3.06 bits per heavy atom. The molecule has 4 heteroatoms. The van der Waals surface area contributed by atoms with Crippen molar-refractivity contribution in [2.75, 3.05) is 25.1 Å². The molecule has 0 aliphatic carbocycles. The van der Waals surface area contributed by atoms with Crippen molar-refractivity contribution in [3.05, 3.63) is 30.5 Å². The average molecular weight is 217 g/mol. The molecule has 4 nitrogen and oxygen atoms in total. The first-order chi connectivity index (χ1) is 7.90. The van der Waals surface area contributed by atoms with Crippen LogP contribution in [0.25, 0.3) is 10.9 Å². The molecule has 0 fully saturated rings. The van der Waals surface area contributed by atoms with Crippen molar-refractivity contribution >= 4 is 16.9 Å². The van der Waals surface area contributed by atoms with Crippen molar-refractivity contribution in [3.63, 3.8) is 0 Å². The standard InChI is InChI=1S/C12H15N3O/c1-2-16-8-7-13-12-14-9-10-5-3-4-6-11(10)15-12/h3-6,9H,2,7-8H2,1H3,(H,13,14,15).